The number of carbonyl (C=O) groups excluding carboxylic acids is 1. The van der Waals surface area contributed by atoms with E-state index in [4.69, 9.17) is 15.5 Å². The Morgan fingerprint density at radius 1 is 0.978 bits per heavy atom. The Morgan fingerprint density at radius 2 is 1.80 bits per heavy atom. The van der Waals surface area contributed by atoms with Crippen molar-refractivity contribution in [1.82, 2.24) is 28.8 Å². The Kier molecular flexibility index (Phi) is 6.31. The number of para-hydroxylation sites is 2. The number of hydrogen-bond acceptors (Lipinski definition) is 5. The van der Waals surface area contributed by atoms with Crippen molar-refractivity contribution in [2.75, 3.05) is 13.7 Å². The van der Waals surface area contributed by atoms with E-state index >= 15 is 0 Å². The number of aromatic nitrogens is 5. The van der Waals surface area contributed by atoms with Gasteiger partial charge in [-0.25, -0.2) is 9.67 Å². The predicted octanol–water partition coefficient (Wildman–Crippen LogP) is 5.87. The van der Waals surface area contributed by atoms with Crippen LogP contribution in [0.4, 0.5) is 0 Å². The van der Waals surface area contributed by atoms with Crippen LogP contribution in [-0.4, -0.2) is 60.4 Å². The van der Waals surface area contributed by atoms with E-state index in [0.717, 1.165) is 59.7 Å². The van der Waals surface area contributed by atoms with E-state index in [0.29, 0.717) is 29.7 Å². The summed E-state index contributed by atoms with van der Waals surface area (Å²) < 4.78 is 12.6. The number of piperidine rings is 1. The summed E-state index contributed by atoms with van der Waals surface area (Å²) in [5.41, 5.74) is 13.0. The molecule has 2 bridgehead atoms. The summed E-state index contributed by atoms with van der Waals surface area (Å²) in [6, 6.07) is 24.9. The van der Waals surface area contributed by atoms with E-state index in [9.17, 15) is 4.79 Å². The monoisotopic (exact) mass is 611 g/mol. The van der Waals surface area contributed by atoms with Crippen LogP contribution in [0.15, 0.2) is 85.2 Å². The molecular weight excluding hydrogens is 574 g/mol. The lowest BCUT2D eigenvalue weighted by Gasteiger charge is -2.27. The average molecular weight is 612 g/mol. The molecule has 6 aromatic rings. The van der Waals surface area contributed by atoms with Crippen molar-refractivity contribution >= 4 is 27.8 Å². The van der Waals surface area contributed by atoms with E-state index in [1.807, 2.05) is 58.2 Å². The van der Waals surface area contributed by atoms with Crippen molar-refractivity contribution in [2.24, 2.45) is 17.6 Å². The van der Waals surface area contributed by atoms with Crippen LogP contribution >= 0.6 is 0 Å². The summed E-state index contributed by atoms with van der Waals surface area (Å²) in [5, 5.41) is 5.88. The summed E-state index contributed by atoms with van der Waals surface area (Å²) in [4.78, 5) is 21.2. The van der Waals surface area contributed by atoms with E-state index in [1.54, 1.807) is 7.11 Å². The second-order valence-corrected chi connectivity index (χ2v) is 13.3. The molecule has 1 saturated heterocycles. The number of carbonyl (C=O) groups is 1. The van der Waals surface area contributed by atoms with Crippen LogP contribution in [0.5, 0.6) is 5.75 Å². The fourth-order valence-electron chi connectivity index (χ4n) is 7.80. The third kappa shape index (κ3) is 4.44. The minimum atomic E-state index is 0.00549. The SMILES string of the molecule is COc1cc(C(=O)N2CC3CCC2[C@@H]3N)cc2nc(-c3cc4ccccc4n3CC3CC3)n(Cc3cnn(-c4ccccc4)c3)c12. The van der Waals surface area contributed by atoms with Gasteiger partial charge < -0.3 is 24.5 Å². The van der Waals surface area contributed by atoms with Gasteiger partial charge in [0.2, 0.25) is 0 Å². The summed E-state index contributed by atoms with van der Waals surface area (Å²) in [6.45, 7) is 2.21. The van der Waals surface area contributed by atoms with Gasteiger partial charge in [-0.05, 0) is 73.9 Å². The molecule has 9 rings (SSSR count). The van der Waals surface area contributed by atoms with Gasteiger partial charge in [-0.15, -0.1) is 0 Å². The molecule has 0 spiro atoms. The van der Waals surface area contributed by atoms with Crippen molar-refractivity contribution < 1.29 is 9.53 Å². The molecule has 9 nitrogen and oxygen atoms in total. The normalized spacial score (nSPS) is 20.7. The maximum atomic E-state index is 13.9. The maximum absolute atomic E-state index is 13.9. The van der Waals surface area contributed by atoms with Crippen LogP contribution < -0.4 is 10.5 Å². The van der Waals surface area contributed by atoms with Gasteiger partial charge in [0.25, 0.3) is 5.91 Å². The smallest absolute Gasteiger partial charge is 0.254 e. The number of rotatable bonds is 8. The molecular formula is C37H37N7O2. The quantitative estimate of drug-likeness (QED) is 0.232. The van der Waals surface area contributed by atoms with Gasteiger partial charge in [-0.1, -0.05) is 36.4 Å². The zero-order chi connectivity index (χ0) is 30.9. The van der Waals surface area contributed by atoms with Crippen LogP contribution in [0.3, 0.4) is 0 Å². The van der Waals surface area contributed by atoms with E-state index < -0.39 is 0 Å². The third-order valence-corrected chi connectivity index (χ3v) is 10.4. The molecule has 2 unspecified atom stereocenters. The zero-order valence-corrected chi connectivity index (χ0v) is 25.9. The first-order chi connectivity index (χ1) is 22.6. The number of imidazole rings is 1. The summed E-state index contributed by atoms with van der Waals surface area (Å²) in [7, 11) is 1.67. The number of methoxy groups -OCH3 is 1. The second-order valence-electron chi connectivity index (χ2n) is 13.3. The Bertz CT molecular complexity index is 2100. The van der Waals surface area contributed by atoms with Crippen molar-refractivity contribution in [2.45, 2.75) is 50.9 Å². The molecule has 2 aliphatic carbocycles. The standard InChI is InChI=1S/C37H37N7O2/c1-46-33-17-27(37(45)42-22-26-13-14-31(42)34(26)38)15-29-35(33)43(20-24-18-39-44(21-24)28-8-3-2-4-9-28)36(40-29)32-16-25-7-5-6-10-30(25)41(32)19-23-11-12-23/h2-10,15-18,21,23,26,31,34H,11-14,19-20,22,38H2,1H3/t26?,31?,34-/m1/s1. The number of likely N-dealkylation sites (tertiary alicyclic amines) is 1. The first kappa shape index (κ1) is 27.4. The molecule has 4 heterocycles. The molecule has 3 aromatic heterocycles. The molecule has 3 aliphatic rings. The van der Waals surface area contributed by atoms with Gasteiger partial charge in [-0.3, -0.25) is 4.79 Å². The molecule has 46 heavy (non-hydrogen) atoms. The van der Waals surface area contributed by atoms with Crippen LogP contribution in [0.25, 0.3) is 39.1 Å². The summed E-state index contributed by atoms with van der Waals surface area (Å²) in [6.07, 6.45) is 8.56. The Hall–Kier alpha value is -4.89. The summed E-state index contributed by atoms with van der Waals surface area (Å²) in [5.74, 6) is 2.55. The van der Waals surface area contributed by atoms with Gasteiger partial charge in [0, 0.05) is 53.4 Å². The van der Waals surface area contributed by atoms with Crippen LogP contribution in [0.2, 0.25) is 0 Å². The van der Waals surface area contributed by atoms with Gasteiger partial charge in [0.1, 0.15) is 11.3 Å². The number of hydrogen-bond donors (Lipinski definition) is 1. The number of fused-ring (bicyclic) bond motifs is 4. The molecule has 3 atom stereocenters. The van der Waals surface area contributed by atoms with E-state index in [-0.39, 0.29) is 18.0 Å². The Labute approximate surface area is 267 Å². The van der Waals surface area contributed by atoms with Crippen LogP contribution in [-0.2, 0) is 13.1 Å². The Morgan fingerprint density at radius 3 is 2.57 bits per heavy atom. The molecule has 232 valence electrons. The average Bonchev–Trinajstić information content (AvgIpc) is 3.40. The minimum absolute atomic E-state index is 0.00549. The first-order valence-electron chi connectivity index (χ1n) is 16.4. The molecule has 9 heteroatoms. The summed E-state index contributed by atoms with van der Waals surface area (Å²) >= 11 is 0. The highest BCUT2D eigenvalue weighted by molar-refractivity contribution is 6.00. The lowest BCUT2D eigenvalue weighted by Crippen LogP contribution is -2.41. The number of nitrogens with two attached hydrogens (primary N) is 1. The van der Waals surface area contributed by atoms with E-state index in [1.165, 1.54) is 23.7 Å². The van der Waals surface area contributed by atoms with Gasteiger partial charge >= 0.3 is 0 Å². The zero-order valence-electron chi connectivity index (χ0n) is 25.9. The lowest BCUT2D eigenvalue weighted by molar-refractivity contribution is 0.0700. The molecule has 1 aliphatic heterocycles. The van der Waals surface area contributed by atoms with Gasteiger partial charge in [0.05, 0.1) is 36.7 Å². The molecule has 1 amide bonds. The third-order valence-electron chi connectivity index (χ3n) is 10.4. The number of benzene rings is 3. The van der Waals surface area contributed by atoms with Crippen molar-refractivity contribution in [3.05, 3.63) is 96.3 Å². The highest BCUT2D eigenvalue weighted by atomic mass is 16.5. The molecule has 3 fully saturated rings. The molecule has 2 saturated carbocycles. The molecule has 3 aromatic carbocycles. The van der Waals surface area contributed by atoms with Crippen molar-refractivity contribution in [3.63, 3.8) is 0 Å². The predicted molar refractivity (Wildman–Crippen MR) is 178 cm³/mol. The fraction of sp³-hybridized carbons (Fsp3) is 0.324. The fourth-order valence-corrected chi connectivity index (χ4v) is 7.80. The molecule has 2 N–H and O–H groups in total. The van der Waals surface area contributed by atoms with E-state index in [2.05, 4.69) is 50.8 Å². The highest BCUT2D eigenvalue weighted by Gasteiger charge is 2.47. The van der Waals surface area contributed by atoms with Crippen molar-refractivity contribution in [1.29, 1.82) is 0 Å². The maximum Gasteiger partial charge on any atom is 0.254 e. The number of ether oxygens (including phenoxy) is 1. The molecule has 0 radical (unpaired) electrons. The van der Waals surface area contributed by atoms with Crippen molar-refractivity contribution in [3.8, 4) is 23.0 Å². The lowest BCUT2D eigenvalue weighted by atomic mass is 10.1. The van der Waals surface area contributed by atoms with Gasteiger partial charge in [-0.2, -0.15) is 5.10 Å². The minimum Gasteiger partial charge on any atom is -0.494 e. The van der Waals surface area contributed by atoms with Crippen LogP contribution in [0.1, 0.15) is 41.6 Å². The van der Waals surface area contributed by atoms with Gasteiger partial charge in [0.15, 0.2) is 5.82 Å². The number of amides is 1. The topological polar surface area (TPSA) is 96.1 Å². The second kappa shape index (κ2) is 10.6. The van der Waals surface area contributed by atoms with Crippen LogP contribution in [0, 0.1) is 11.8 Å². The highest BCUT2D eigenvalue weighted by Crippen LogP contribution is 2.40. The first-order valence-corrected chi connectivity index (χ1v) is 16.4. The number of nitrogens with zero attached hydrogens (tertiary/aromatic N) is 6. The largest absolute Gasteiger partial charge is 0.494 e. The Balaban J connectivity index is 1.20.